The lowest BCUT2D eigenvalue weighted by Gasteiger charge is -2.34. The molecule has 3 rings (SSSR count). The zero-order valence-corrected chi connectivity index (χ0v) is 16.5. The second-order valence-electron chi connectivity index (χ2n) is 7.13. The number of nitrogens with zero attached hydrogens (tertiary/aromatic N) is 4. The van der Waals surface area contributed by atoms with Gasteiger partial charge in [-0.25, -0.2) is 4.98 Å². The Morgan fingerprint density at radius 1 is 1.14 bits per heavy atom. The summed E-state index contributed by atoms with van der Waals surface area (Å²) >= 11 is 0. The molecule has 1 amide bonds. The van der Waals surface area contributed by atoms with Gasteiger partial charge in [0.1, 0.15) is 5.82 Å². The molecule has 2 aromatic rings. The quantitative estimate of drug-likeness (QED) is 0.764. The molecular formula is C20H26F3N5O. The molecule has 0 radical (unpaired) electrons. The van der Waals surface area contributed by atoms with Gasteiger partial charge >= 0.3 is 6.18 Å². The zero-order chi connectivity index (χ0) is 20.9. The molecule has 0 spiro atoms. The van der Waals surface area contributed by atoms with Gasteiger partial charge in [-0.3, -0.25) is 14.6 Å². The van der Waals surface area contributed by atoms with Crippen LogP contribution in [-0.2, 0) is 23.9 Å². The van der Waals surface area contributed by atoms with Crippen LogP contribution in [0.2, 0.25) is 0 Å². The van der Waals surface area contributed by atoms with E-state index in [2.05, 4.69) is 26.7 Å². The lowest BCUT2D eigenvalue weighted by Crippen LogP contribution is -2.49. The molecule has 1 aliphatic rings. The lowest BCUT2D eigenvalue weighted by molar-refractivity contribution is -0.137. The maximum Gasteiger partial charge on any atom is 0.416 e. The summed E-state index contributed by atoms with van der Waals surface area (Å²) in [7, 11) is 0. The number of alkyl halides is 3. The fourth-order valence-electron chi connectivity index (χ4n) is 3.46. The molecule has 1 fully saturated rings. The second kappa shape index (κ2) is 9.41. The molecule has 0 atom stereocenters. The maximum absolute atomic E-state index is 12.8. The number of aromatic nitrogens is 2. The number of piperazine rings is 1. The van der Waals surface area contributed by atoms with E-state index in [9.17, 15) is 18.0 Å². The largest absolute Gasteiger partial charge is 0.416 e. The number of imidazole rings is 1. The van der Waals surface area contributed by atoms with E-state index in [1.54, 1.807) is 0 Å². The highest BCUT2D eigenvalue weighted by Crippen LogP contribution is 2.30. The predicted octanol–water partition coefficient (Wildman–Crippen LogP) is 2.72. The molecule has 1 aromatic carbocycles. The van der Waals surface area contributed by atoms with Crippen molar-refractivity contribution >= 4 is 11.6 Å². The summed E-state index contributed by atoms with van der Waals surface area (Å²) < 4.78 is 40.5. The van der Waals surface area contributed by atoms with Crippen LogP contribution in [0, 0.1) is 0 Å². The Morgan fingerprint density at radius 3 is 2.55 bits per heavy atom. The molecule has 0 bridgehead atoms. The fraction of sp³-hybridized carbons (Fsp3) is 0.500. The van der Waals surface area contributed by atoms with E-state index < -0.39 is 11.7 Å². The van der Waals surface area contributed by atoms with Crippen molar-refractivity contribution in [3.8, 4) is 0 Å². The molecule has 158 valence electrons. The van der Waals surface area contributed by atoms with Crippen LogP contribution in [0.25, 0.3) is 0 Å². The van der Waals surface area contributed by atoms with Gasteiger partial charge in [0.25, 0.3) is 0 Å². The van der Waals surface area contributed by atoms with Crippen LogP contribution in [0.3, 0.4) is 0 Å². The van der Waals surface area contributed by atoms with Gasteiger partial charge in [-0.1, -0.05) is 13.0 Å². The van der Waals surface area contributed by atoms with E-state index in [-0.39, 0.29) is 18.1 Å². The standard InChI is InChI=1S/C20H26F3N5O/c1-2-18-24-6-7-28(18)13-12-26-8-10-27(11-9-26)15-19(29)25-17-5-3-4-16(14-17)20(21,22)23/h3-7,14H,2,8-13,15H2,1H3,(H,25,29). The van der Waals surface area contributed by atoms with E-state index >= 15 is 0 Å². The number of carbonyl (C=O) groups is 1. The number of hydrogen-bond donors (Lipinski definition) is 1. The molecule has 0 aliphatic carbocycles. The van der Waals surface area contributed by atoms with Gasteiger partial charge in [0, 0.05) is 63.8 Å². The number of amides is 1. The van der Waals surface area contributed by atoms with E-state index in [4.69, 9.17) is 0 Å². The second-order valence-corrected chi connectivity index (χ2v) is 7.13. The van der Waals surface area contributed by atoms with Crippen LogP contribution in [0.1, 0.15) is 18.3 Å². The molecule has 2 heterocycles. The summed E-state index contributed by atoms with van der Waals surface area (Å²) in [4.78, 5) is 20.9. The van der Waals surface area contributed by atoms with Gasteiger partial charge in [-0.05, 0) is 18.2 Å². The van der Waals surface area contributed by atoms with Crippen molar-refractivity contribution in [2.24, 2.45) is 0 Å². The molecule has 9 heteroatoms. The highest BCUT2D eigenvalue weighted by Gasteiger charge is 2.30. The van der Waals surface area contributed by atoms with Crippen molar-refractivity contribution in [3.05, 3.63) is 48.0 Å². The van der Waals surface area contributed by atoms with Gasteiger partial charge in [-0.15, -0.1) is 0 Å². The van der Waals surface area contributed by atoms with Crippen LogP contribution >= 0.6 is 0 Å². The van der Waals surface area contributed by atoms with Crippen LogP contribution in [-0.4, -0.2) is 64.5 Å². The molecule has 6 nitrogen and oxygen atoms in total. The number of nitrogens with one attached hydrogen (secondary N) is 1. The van der Waals surface area contributed by atoms with Crippen molar-refractivity contribution in [1.29, 1.82) is 0 Å². The van der Waals surface area contributed by atoms with Crippen molar-refractivity contribution < 1.29 is 18.0 Å². The Bertz CT molecular complexity index is 812. The third-order valence-electron chi connectivity index (χ3n) is 5.08. The van der Waals surface area contributed by atoms with Crippen molar-refractivity contribution in [2.75, 3.05) is 44.6 Å². The lowest BCUT2D eigenvalue weighted by atomic mass is 10.2. The van der Waals surface area contributed by atoms with Gasteiger partial charge in [0.05, 0.1) is 12.1 Å². The summed E-state index contributed by atoms with van der Waals surface area (Å²) in [5, 5.41) is 2.56. The SMILES string of the molecule is CCc1nccn1CCN1CCN(CC(=O)Nc2cccc(C(F)(F)F)c2)CC1. The molecule has 0 unspecified atom stereocenters. The van der Waals surface area contributed by atoms with Crippen LogP contribution in [0.5, 0.6) is 0 Å². The molecule has 1 N–H and O–H groups in total. The Morgan fingerprint density at radius 2 is 1.86 bits per heavy atom. The van der Waals surface area contributed by atoms with Gasteiger partial charge in [-0.2, -0.15) is 13.2 Å². The number of rotatable bonds is 7. The monoisotopic (exact) mass is 409 g/mol. The number of hydrogen-bond acceptors (Lipinski definition) is 4. The van der Waals surface area contributed by atoms with E-state index in [0.717, 1.165) is 63.6 Å². The zero-order valence-electron chi connectivity index (χ0n) is 16.5. The first kappa shape index (κ1) is 21.3. The number of benzene rings is 1. The van der Waals surface area contributed by atoms with Crippen LogP contribution in [0.4, 0.5) is 18.9 Å². The topological polar surface area (TPSA) is 53.4 Å². The van der Waals surface area contributed by atoms with Crippen molar-refractivity contribution in [3.63, 3.8) is 0 Å². The minimum Gasteiger partial charge on any atom is -0.334 e. The first-order chi connectivity index (χ1) is 13.8. The fourth-order valence-corrected chi connectivity index (χ4v) is 3.46. The summed E-state index contributed by atoms with van der Waals surface area (Å²) in [6.45, 7) is 7.28. The smallest absolute Gasteiger partial charge is 0.334 e. The number of carbonyl (C=O) groups excluding carboxylic acids is 1. The van der Waals surface area contributed by atoms with Gasteiger partial charge in [0.15, 0.2) is 0 Å². The highest BCUT2D eigenvalue weighted by atomic mass is 19.4. The van der Waals surface area contributed by atoms with E-state index in [1.807, 2.05) is 17.3 Å². The van der Waals surface area contributed by atoms with Gasteiger partial charge < -0.3 is 9.88 Å². The minimum atomic E-state index is -4.42. The Hall–Kier alpha value is -2.39. The first-order valence-corrected chi connectivity index (χ1v) is 9.77. The normalized spacial score (nSPS) is 16.1. The predicted molar refractivity (Wildman–Crippen MR) is 105 cm³/mol. The number of halogens is 3. The molecular weight excluding hydrogens is 383 g/mol. The average molecular weight is 409 g/mol. The van der Waals surface area contributed by atoms with Crippen molar-refractivity contribution in [2.45, 2.75) is 26.1 Å². The molecule has 0 saturated carbocycles. The third-order valence-corrected chi connectivity index (χ3v) is 5.08. The van der Waals surface area contributed by atoms with Crippen LogP contribution in [0.15, 0.2) is 36.7 Å². The summed E-state index contributed by atoms with van der Waals surface area (Å²) in [6.07, 6.45) is 0.292. The summed E-state index contributed by atoms with van der Waals surface area (Å²) in [6, 6.07) is 4.70. The third kappa shape index (κ3) is 6.04. The maximum atomic E-state index is 12.8. The van der Waals surface area contributed by atoms with Crippen molar-refractivity contribution in [1.82, 2.24) is 19.4 Å². The molecule has 1 aliphatic heterocycles. The number of anilines is 1. The minimum absolute atomic E-state index is 0.163. The molecule has 1 saturated heterocycles. The number of aryl methyl sites for hydroxylation is 1. The van der Waals surface area contributed by atoms with E-state index in [0.29, 0.717) is 0 Å². The summed E-state index contributed by atoms with van der Waals surface area (Å²) in [5.41, 5.74) is -0.608. The Balaban J connectivity index is 1.42. The first-order valence-electron chi connectivity index (χ1n) is 9.77. The Kier molecular flexibility index (Phi) is 6.92. The summed E-state index contributed by atoms with van der Waals surface area (Å²) in [5.74, 6) is 0.777. The molecule has 1 aromatic heterocycles. The van der Waals surface area contributed by atoms with Gasteiger partial charge in [0.2, 0.25) is 5.91 Å². The average Bonchev–Trinajstić information content (AvgIpc) is 3.14. The molecule has 29 heavy (non-hydrogen) atoms. The Labute approximate surface area is 168 Å². The van der Waals surface area contributed by atoms with Crippen LogP contribution < -0.4 is 5.32 Å². The van der Waals surface area contributed by atoms with E-state index in [1.165, 1.54) is 12.1 Å². The highest BCUT2D eigenvalue weighted by molar-refractivity contribution is 5.92.